The molecule has 0 aliphatic heterocycles. The van der Waals surface area contributed by atoms with Gasteiger partial charge in [0.15, 0.2) is 5.82 Å². The second-order valence-electron chi connectivity index (χ2n) is 5.81. The van der Waals surface area contributed by atoms with Crippen molar-refractivity contribution >= 4 is 17.5 Å². The first-order valence-corrected chi connectivity index (χ1v) is 8.53. The molecule has 0 spiro atoms. The smallest absolute Gasteiger partial charge is 0.168 e. The molecule has 0 radical (unpaired) electrons. The third-order valence-electron chi connectivity index (χ3n) is 3.84. The van der Waals surface area contributed by atoms with Crippen molar-refractivity contribution in [2.75, 3.05) is 5.32 Å². The fourth-order valence-electron chi connectivity index (χ4n) is 2.53. The normalized spacial score (nSPS) is 13.4. The topological polar surface area (TPSA) is 58.0 Å². The Hall–Kier alpha value is -2.38. The van der Waals surface area contributed by atoms with E-state index in [0.29, 0.717) is 17.1 Å². The highest BCUT2D eigenvalue weighted by atomic mass is 32.1. The van der Waals surface area contributed by atoms with Crippen molar-refractivity contribution in [3.05, 3.63) is 65.7 Å². The van der Waals surface area contributed by atoms with E-state index in [1.807, 2.05) is 30.3 Å². The quantitative estimate of drug-likeness (QED) is 0.699. The molecule has 2 N–H and O–H groups in total. The standard InChI is InChI=1S/C18H17F2N3OS/c1-11(16(24)9-12-7-14(19)10-15(20)8-12)21-18-17(22-25-23-18)13-5-3-2-4-6-13/h2-8,10-11,16,24H,9H2,1H3,(H,21,23). The summed E-state index contributed by atoms with van der Waals surface area (Å²) in [5.41, 5.74) is 2.03. The molecule has 7 heteroatoms. The number of hydrogen-bond donors (Lipinski definition) is 2. The largest absolute Gasteiger partial charge is 0.391 e. The molecule has 2 aromatic carbocycles. The van der Waals surface area contributed by atoms with Gasteiger partial charge in [-0.05, 0) is 24.6 Å². The third-order valence-corrected chi connectivity index (χ3v) is 4.37. The van der Waals surface area contributed by atoms with E-state index in [9.17, 15) is 13.9 Å². The molecule has 3 rings (SSSR count). The highest BCUT2D eigenvalue weighted by Crippen LogP contribution is 2.26. The summed E-state index contributed by atoms with van der Waals surface area (Å²) in [5.74, 6) is -0.732. The molecule has 2 atom stereocenters. The number of anilines is 1. The maximum atomic E-state index is 13.3. The molecule has 0 fully saturated rings. The molecule has 0 saturated carbocycles. The van der Waals surface area contributed by atoms with E-state index in [4.69, 9.17) is 0 Å². The van der Waals surface area contributed by atoms with Crippen molar-refractivity contribution in [2.24, 2.45) is 0 Å². The Kier molecular flexibility index (Phi) is 5.35. The van der Waals surface area contributed by atoms with E-state index in [1.54, 1.807) is 6.92 Å². The summed E-state index contributed by atoms with van der Waals surface area (Å²) in [7, 11) is 0. The molecule has 2 unspecified atom stereocenters. The second-order valence-corrected chi connectivity index (χ2v) is 6.34. The fourth-order valence-corrected chi connectivity index (χ4v) is 3.06. The van der Waals surface area contributed by atoms with Crippen molar-refractivity contribution in [3.63, 3.8) is 0 Å². The molecule has 0 bridgehead atoms. The Balaban J connectivity index is 1.70. The minimum Gasteiger partial charge on any atom is -0.391 e. The van der Waals surface area contributed by atoms with Gasteiger partial charge in [-0.25, -0.2) is 8.78 Å². The molecule has 1 heterocycles. The van der Waals surface area contributed by atoms with E-state index in [0.717, 1.165) is 23.4 Å². The summed E-state index contributed by atoms with van der Waals surface area (Å²) >= 11 is 1.08. The predicted molar refractivity (Wildman–Crippen MR) is 94.5 cm³/mol. The summed E-state index contributed by atoms with van der Waals surface area (Å²) in [6, 6.07) is 12.5. The van der Waals surface area contributed by atoms with E-state index in [-0.39, 0.29) is 12.5 Å². The molecule has 0 aliphatic rings. The van der Waals surface area contributed by atoms with Crippen LogP contribution in [-0.2, 0) is 6.42 Å². The fraction of sp³-hybridized carbons (Fsp3) is 0.222. The Labute approximate surface area is 148 Å². The van der Waals surface area contributed by atoms with Crippen molar-refractivity contribution in [1.82, 2.24) is 8.75 Å². The van der Waals surface area contributed by atoms with Crippen LogP contribution in [0.1, 0.15) is 12.5 Å². The van der Waals surface area contributed by atoms with Gasteiger partial charge >= 0.3 is 0 Å². The Morgan fingerprint density at radius 1 is 1.08 bits per heavy atom. The third kappa shape index (κ3) is 4.37. The monoisotopic (exact) mass is 361 g/mol. The Bertz CT molecular complexity index is 821. The lowest BCUT2D eigenvalue weighted by molar-refractivity contribution is 0.158. The molecule has 0 saturated heterocycles. The van der Waals surface area contributed by atoms with Gasteiger partial charge in [0.25, 0.3) is 0 Å². The highest BCUT2D eigenvalue weighted by molar-refractivity contribution is 6.99. The van der Waals surface area contributed by atoms with Crippen LogP contribution < -0.4 is 5.32 Å². The maximum absolute atomic E-state index is 13.3. The number of halogens is 2. The number of hydrogen-bond acceptors (Lipinski definition) is 5. The Morgan fingerprint density at radius 2 is 1.76 bits per heavy atom. The van der Waals surface area contributed by atoms with Crippen molar-refractivity contribution < 1.29 is 13.9 Å². The number of aromatic nitrogens is 2. The molecule has 0 amide bonds. The van der Waals surface area contributed by atoms with Gasteiger partial charge in [-0.15, -0.1) is 0 Å². The van der Waals surface area contributed by atoms with Gasteiger partial charge in [-0.3, -0.25) is 0 Å². The van der Waals surface area contributed by atoms with Gasteiger partial charge in [-0.1, -0.05) is 30.3 Å². The molecular weight excluding hydrogens is 344 g/mol. The van der Waals surface area contributed by atoms with Crippen LogP contribution in [0.3, 0.4) is 0 Å². The van der Waals surface area contributed by atoms with Gasteiger partial charge in [0.1, 0.15) is 17.3 Å². The van der Waals surface area contributed by atoms with Gasteiger partial charge in [-0.2, -0.15) is 8.75 Å². The first kappa shape index (κ1) is 17.4. The van der Waals surface area contributed by atoms with E-state index in [1.165, 1.54) is 12.1 Å². The predicted octanol–water partition coefficient (Wildman–Crippen LogP) is 3.89. The van der Waals surface area contributed by atoms with Crippen LogP contribution in [0.2, 0.25) is 0 Å². The second kappa shape index (κ2) is 7.67. The van der Waals surface area contributed by atoms with Gasteiger partial charge in [0, 0.05) is 18.1 Å². The number of rotatable bonds is 6. The number of nitrogens with zero attached hydrogens (tertiary/aromatic N) is 2. The number of aliphatic hydroxyl groups is 1. The van der Waals surface area contributed by atoms with E-state index in [2.05, 4.69) is 14.1 Å². The summed E-state index contributed by atoms with van der Waals surface area (Å²) < 4.78 is 35.1. The minimum atomic E-state index is -0.841. The van der Waals surface area contributed by atoms with Crippen LogP contribution in [0.25, 0.3) is 11.3 Å². The summed E-state index contributed by atoms with van der Waals surface area (Å²) in [6.45, 7) is 1.79. The molecule has 1 aromatic heterocycles. The van der Waals surface area contributed by atoms with Crippen molar-refractivity contribution in [1.29, 1.82) is 0 Å². The zero-order valence-electron chi connectivity index (χ0n) is 13.5. The van der Waals surface area contributed by atoms with Gasteiger partial charge in [0.05, 0.1) is 23.9 Å². The average molecular weight is 361 g/mol. The molecular formula is C18H17F2N3OS. The lowest BCUT2D eigenvalue weighted by Gasteiger charge is -2.20. The van der Waals surface area contributed by atoms with Crippen LogP contribution in [0, 0.1) is 11.6 Å². The lowest BCUT2D eigenvalue weighted by Crippen LogP contribution is -2.32. The molecule has 3 aromatic rings. The van der Waals surface area contributed by atoms with Gasteiger partial charge in [0.2, 0.25) is 0 Å². The first-order valence-electron chi connectivity index (χ1n) is 7.80. The summed E-state index contributed by atoms with van der Waals surface area (Å²) in [5, 5.41) is 13.5. The molecule has 25 heavy (non-hydrogen) atoms. The zero-order chi connectivity index (χ0) is 17.8. The Morgan fingerprint density at radius 3 is 2.44 bits per heavy atom. The van der Waals surface area contributed by atoms with E-state index >= 15 is 0 Å². The average Bonchev–Trinajstić information content (AvgIpc) is 3.02. The van der Waals surface area contributed by atoms with Crippen LogP contribution in [0.5, 0.6) is 0 Å². The molecule has 4 nitrogen and oxygen atoms in total. The van der Waals surface area contributed by atoms with Crippen LogP contribution >= 0.6 is 11.7 Å². The van der Waals surface area contributed by atoms with Crippen molar-refractivity contribution in [3.8, 4) is 11.3 Å². The maximum Gasteiger partial charge on any atom is 0.168 e. The summed E-state index contributed by atoms with van der Waals surface area (Å²) in [6.07, 6.45) is -0.715. The van der Waals surface area contributed by atoms with Crippen LogP contribution in [-0.4, -0.2) is 26.0 Å². The lowest BCUT2D eigenvalue weighted by atomic mass is 10.0. The molecule has 0 aliphatic carbocycles. The van der Waals surface area contributed by atoms with Crippen molar-refractivity contribution in [2.45, 2.75) is 25.5 Å². The molecule has 130 valence electrons. The first-order chi connectivity index (χ1) is 12.0. The minimum absolute atomic E-state index is 0.126. The van der Waals surface area contributed by atoms with Crippen LogP contribution in [0.4, 0.5) is 14.6 Å². The number of aliphatic hydroxyl groups excluding tert-OH is 1. The van der Waals surface area contributed by atoms with Crippen LogP contribution in [0.15, 0.2) is 48.5 Å². The zero-order valence-corrected chi connectivity index (χ0v) is 14.3. The highest BCUT2D eigenvalue weighted by Gasteiger charge is 2.19. The SMILES string of the molecule is CC(Nc1nsnc1-c1ccccc1)C(O)Cc1cc(F)cc(F)c1. The number of benzene rings is 2. The number of nitrogens with one attached hydrogen (secondary N) is 1. The summed E-state index contributed by atoms with van der Waals surface area (Å²) in [4.78, 5) is 0. The van der Waals surface area contributed by atoms with Gasteiger partial charge < -0.3 is 10.4 Å². The van der Waals surface area contributed by atoms with E-state index < -0.39 is 17.7 Å².